The molecule has 0 aromatic rings. The van der Waals surface area contributed by atoms with Crippen LogP contribution in [-0.4, -0.2) is 18.1 Å². The molecular weight excluding hydrogens is 164 g/mol. The van der Waals surface area contributed by atoms with Gasteiger partial charge in [0.2, 0.25) is 5.38 Å². The maximum atomic E-state index is 12.2. The first kappa shape index (κ1) is 9.60. The smallest absolute Gasteiger partial charge is 0.319 e. The van der Waals surface area contributed by atoms with Gasteiger partial charge in [0, 0.05) is 0 Å². The van der Waals surface area contributed by atoms with Crippen molar-refractivity contribution in [2.45, 2.75) is 18.4 Å². The van der Waals surface area contributed by atoms with Gasteiger partial charge in [-0.05, 0) is 6.92 Å². The average Bonchev–Trinajstić information content (AvgIpc) is 1.86. The third-order valence-corrected chi connectivity index (χ3v) is 1.10. The van der Waals surface area contributed by atoms with Gasteiger partial charge in [0.1, 0.15) is 0 Å². The molecule has 1 unspecified atom stereocenters. The zero-order valence-corrected chi connectivity index (χ0v) is 6.03. The van der Waals surface area contributed by atoms with Crippen molar-refractivity contribution >= 4 is 11.6 Å². The summed E-state index contributed by atoms with van der Waals surface area (Å²) in [5.74, 6) is 0. The molecule has 0 rings (SSSR count). The van der Waals surface area contributed by atoms with Gasteiger partial charge in [-0.2, -0.15) is 14.0 Å². The summed E-state index contributed by atoms with van der Waals surface area (Å²) in [7, 11) is 0. The van der Waals surface area contributed by atoms with Gasteiger partial charge in [-0.3, -0.25) is 0 Å². The van der Waals surface area contributed by atoms with Crippen LogP contribution in [0.4, 0.5) is 8.78 Å². The van der Waals surface area contributed by atoms with Crippen molar-refractivity contribution in [3.05, 3.63) is 0 Å². The summed E-state index contributed by atoms with van der Waals surface area (Å²) in [5, 5.41) is 6.05. The third kappa shape index (κ3) is 2.46. The number of hydrogen-bond acceptors (Lipinski definition) is 2. The second-order valence-corrected chi connectivity index (χ2v) is 1.92. The van der Waals surface area contributed by atoms with Crippen LogP contribution in [-0.2, 0) is 4.74 Å². The third-order valence-electron chi connectivity index (χ3n) is 0.745. The molecule has 0 fully saturated rings. The van der Waals surface area contributed by atoms with Crippen LogP contribution in [0, 0.1) is 11.3 Å². The Morgan fingerprint density at radius 3 is 2.60 bits per heavy atom. The molecule has 0 spiro atoms. The van der Waals surface area contributed by atoms with E-state index in [1.165, 1.54) is 13.0 Å². The topological polar surface area (TPSA) is 33.0 Å². The Kier molecular flexibility index (Phi) is 3.54. The molecule has 0 bridgehead atoms. The number of halogens is 3. The van der Waals surface area contributed by atoms with Gasteiger partial charge in [-0.1, -0.05) is 11.6 Å². The minimum atomic E-state index is -3.54. The molecule has 0 radical (unpaired) electrons. The molecule has 0 heterocycles. The predicted octanol–water partition coefficient (Wildman–Crippen LogP) is 1.75. The van der Waals surface area contributed by atoms with Gasteiger partial charge in [-0.25, -0.2) is 0 Å². The monoisotopic (exact) mass is 169 g/mol. The van der Waals surface area contributed by atoms with E-state index < -0.39 is 11.5 Å². The van der Waals surface area contributed by atoms with Gasteiger partial charge in [0.25, 0.3) is 0 Å². The number of rotatable bonds is 3. The average molecular weight is 170 g/mol. The molecule has 10 heavy (non-hydrogen) atoms. The maximum Gasteiger partial charge on any atom is 0.385 e. The minimum Gasteiger partial charge on any atom is -0.319 e. The highest BCUT2D eigenvalue weighted by molar-refractivity contribution is 6.22. The van der Waals surface area contributed by atoms with Crippen LogP contribution in [0.1, 0.15) is 6.92 Å². The zero-order chi connectivity index (χ0) is 8.20. The van der Waals surface area contributed by atoms with Crippen molar-refractivity contribution in [2.75, 3.05) is 6.61 Å². The fourth-order valence-electron chi connectivity index (χ4n) is 0.341. The lowest BCUT2D eigenvalue weighted by molar-refractivity contribution is -0.228. The van der Waals surface area contributed by atoms with E-state index >= 15 is 0 Å². The first-order valence-electron chi connectivity index (χ1n) is 2.60. The van der Waals surface area contributed by atoms with Crippen molar-refractivity contribution in [3.8, 4) is 6.07 Å². The Morgan fingerprint density at radius 1 is 1.80 bits per heavy atom. The SMILES string of the molecule is CCOC(F)(F)C(Cl)C#N. The Bertz CT molecular complexity index is 145. The molecule has 0 N–H and O–H groups in total. The summed E-state index contributed by atoms with van der Waals surface area (Å²) in [5.41, 5.74) is 0. The molecule has 0 aliphatic rings. The Balaban J connectivity index is 3.99. The van der Waals surface area contributed by atoms with Gasteiger partial charge in [0.05, 0.1) is 12.7 Å². The molecule has 1 atom stereocenters. The van der Waals surface area contributed by atoms with Gasteiger partial charge < -0.3 is 4.74 Å². The molecule has 0 saturated heterocycles. The zero-order valence-electron chi connectivity index (χ0n) is 5.27. The van der Waals surface area contributed by atoms with Crippen LogP contribution in [0.25, 0.3) is 0 Å². The van der Waals surface area contributed by atoms with Crippen LogP contribution in [0.5, 0.6) is 0 Å². The van der Waals surface area contributed by atoms with Gasteiger partial charge in [-0.15, -0.1) is 0 Å². The fraction of sp³-hybridized carbons (Fsp3) is 0.800. The van der Waals surface area contributed by atoms with Crippen molar-refractivity contribution in [1.82, 2.24) is 0 Å². The van der Waals surface area contributed by atoms with Crippen molar-refractivity contribution < 1.29 is 13.5 Å². The lowest BCUT2D eigenvalue weighted by Gasteiger charge is -2.15. The van der Waals surface area contributed by atoms with E-state index in [0.29, 0.717) is 0 Å². The Hall–Kier alpha value is -0.400. The normalized spacial score (nSPS) is 14.3. The van der Waals surface area contributed by atoms with E-state index in [2.05, 4.69) is 4.74 Å². The molecule has 0 aliphatic heterocycles. The quantitative estimate of drug-likeness (QED) is 0.603. The maximum absolute atomic E-state index is 12.2. The lowest BCUT2D eigenvalue weighted by Crippen LogP contribution is -2.31. The molecular formula is C5H6ClF2NO. The van der Waals surface area contributed by atoms with Gasteiger partial charge >= 0.3 is 6.11 Å². The van der Waals surface area contributed by atoms with Crippen molar-refractivity contribution in [2.24, 2.45) is 0 Å². The van der Waals surface area contributed by atoms with E-state index in [9.17, 15) is 8.78 Å². The summed E-state index contributed by atoms with van der Waals surface area (Å²) in [6.07, 6.45) is -3.54. The summed E-state index contributed by atoms with van der Waals surface area (Å²) in [4.78, 5) is 0. The number of alkyl halides is 3. The standard InChI is InChI=1S/C5H6ClF2NO/c1-2-10-5(7,8)4(6)3-9/h4H,2H2,1H3. The summed E-state index contributed by atoms with van der Waals surface area (Å²) in [6, 6.07) is 1.18. The van der Waals surface area contributed by atoms with E-state index in [0.717, 1.165) is 0 Å². The summed E-state index contributed by atoms with van der Waals surface area (Å²) < 4.78 is 28.4. The van der Waals surface area contributed by atoms with Crippen molar-refractivity contribution in [3.63, 3.8) is 0 Å². The van der Waals surface area contributed by atoms with Gasteiger partial charge in [0.15, 0.2) is 0 Å². The molecule has 2 nitrogen and oxygen atoms in total. The Morgan fingerprint density at radius 2 is 2.30 bits per heavy atom. The predicted molar refractivity (Wildman–Crippen MR) is 31.8 cm³/mol. The molecule has 5 heteroatoms. The van der Waals surface area contributed by atoms with E-state index in [4.69, 9.17) is 16.9 Å². The molecule has 0 aliphatic carbocycles. The minimum absolute atomic E-state index is 0.169. The van der Waals surface area contributed by atoms with E-state index in [1.807, 2.05) is 0 Å². The molecule has 0 aromatic heterocycles. The molecule has 0 amide bonds. The number of nitriles is 1. The number of ether oxygens (including phenoxy) is 1. The number of nitrogens with zero attached hydrogens (tertiary/aromatic N) is 1. The van der Waals surface area contributed by atoms with Crippen molar-refractivity contribution in [1.29, 1.82) is 5.26 Å². The fourth-order valence-corrected chi connectivity index (χ4v) is 0.404. The second kappa shape index (κ2) is 3.69. The second-order valence-electron chi connectivity index (χ2n) is 1.49. The van der Waals surface area contributed by atoms with Crippen LogP contribution in [0.15, 0.2) is 0 Å². The highest BCUT2D eigenvalue weighted by Gasteiger charge is 2.39. The summed E-state index contributed by atoms with van der Waals surface area (Å²) >= 11 is 4.90. The molecule has 0 saturated carbocycles. The molecule has 58 valence electrons. The summed E-state index contributed by atoms with van der Waals surface area (Å²) in [6.45, 7) is 1.23. The first-order chi connectivity index (χ1) is 4.54. The van der Waals surface area contributed by atoms with Crippen LogP contribution in [0.2, 0.25) is 0 Å². The lowest BCUT2D eigenvalue weighted by atomic mass is 10.4. The van der Waals surface area contributed by atoms with Crippen LogP contribution >= 0.6 is 11.6 Å². The largest absolute Gasteiger partial charge is 0.385 e. The first-order valence-corrected chi connectivity index (χ1v) is 3.03. The highest BCUT2D eigenvalue weighted by atomic mass is 35.5. The van der Waals surface area contributed by atoms with Crippen LogP contribution in [0.3, 0.4) is 0 Å². The Labute approximate surface area is 62.3 Å². The number of hydrogen-bond donors (Lipinski definition) is 0. The van der Waals surface area contributed by atoms with Crippen LogP contribution < -0.4 is 0 Å². The van der Waals surface area contributed by atoms with E-state index in [-0.39, 0.29) is 6.61 Å². The van der Waals surface area contributed by atoms with E-state index in [1.54, 1.807) is 0 Å². The molecule has 0 aromatic carbocycles. The highest BCUT2D eigenvalue weighted by Crippen LogP contribution is 2.23.